The Morgan fingerprint density at radius 1 is 1.23 bits per heavy atom. The smallest absolute Gasteiger partial charge is 0.328 e. The number of ether oxygens (including phenoxy) is 2. The van der Waals surface area contributed by atoms with E-state index in [1.165, 1.54) is 4.90 Å². The number of aryl methyl sites for hydroxylation is 2. The summed E-state index contributed by atoms with van der Waals surface area (Å²) in [6.07, 6.45) is 0. The number of carboxylic acid groups (broad SMARTS) is 1. The summed E-state index contributed by atoms with van der Waals surface area (Å²) in [5.41, 5.74) is 3.06. The summed E-state index contributed by atoms with van der Waals surface area (Å²) in [5, 5.41) is 9.27. The van der Waals surface area contributed by atoms with Gasteiger partial charge in [0.15, 0.2) is 6.04 Å². The van der Waals surface area contributed by atoms with Gasteiger partial charge in [-0.15, -0.1) is 0 Å². The van der Waals surface area contributed by atoms with Crippen LogP contribution in [0.25, 0.3) is 0 Å². The van der Waals surface area contributed by atoms with Crippen molar-refractivity contribution in [3.63, 3.8) is 0 Å². The Balaban J connectivity index is 1.88. The molecule has 2 heterocycles. The SMILES string of the molecule is Cc1cc2c(cc1C)[C@H](C(=O)N1CCOC[C@@H]1C(=O)O)CO2. The molecule has 22 heavy (non-hydrogen) atoms. The zero-order valence-electron chi connectivity index (χ0n) is 12.7. The third-order valence-electron chi connectivity index (χ3n) is 4.40. The summed E-state index contributed by atoms with van der Waals surface area (Å²) < 4.78 is 10.8. The van der Waals surface area contributed by atoms with Crippen LogP contribution in [0.2, 0.25) is 0 Å². The number of nitrogens with zero attached hydrogens (tertiary/aromatic N) is 1. The molecule has 1 aromatic rings. The predicted molar refractivity (Wildman–Crippen MR) is 78.1 cm³/mol. The monoisotopic (exact) mass is 305 g/mol. The third kappa shape index (κ3) is 2.43. The molecule has 0 unspecified atom stereocenters. The fraction of sp³-hybridized carbons (Fsp3) is 0.500. The molecule has 6 nitrogen and oxygen atoms in total. The van der Waals surface area contributed by atoms with Crippen LogP contribution >= 0.6 is 0 Å². The van der Waals surface area contributed by atoms with E-state index in [1.54, 1.807) is 0 Å². The lowest BCUT2D eigenvalue weighted by molar-refractivity contribution is -0.159. The van der Waals surface area contributed by atoms with Gasteiger partial charge in [0.1, 0.15) is 18.3 Å². The second-order valence-corrected chi connectivity index (χ2v) is 5.80. The van der Waals surface area contributed by atoms with Crippen molar-refractivity contribution in [1.29, 1.82) is 0 Å². The molecular weight excluding hydrogens is 286 g/mol. The van der Waals surface area contributed by atoms with Crippen molar-refractivity contribution in [3.8, 4) is 5.75 Å². The number of fused-ring (bicyclic) bond motifs is 1. The average molecular weight is 305 g/mol. The number of amides is 1. The first-order valence-electron chi connectivity index (χ1n) is 7.34. The molecule has 0 radical (unpaired) electrons. The highest BCUT2D eigenvalue weighted by Gasteiger charge is 2.39. The molecule has 1 N–H and O–H groups in total. The Morgan fingerprint density at radius 3 is 2.68 bits per heavy atom. The van der Waals surface area contributed by atoms with Crippen molar-refractivity contribution in [2.75, 3.05) is 26.4 Å². The topological polar surface area (TPSA) is 76.1 Å². The molecule has 0 saturated carbocycles. The molecule has 2 aliphatic heterocycles. The van der Waals surface area contributed by atoms with Gasteiger partial charge in [-0.3, -0.25) is 4.79 Å². The molecule has 0 bridgehead atoms. The van der Waals surface area contributed by atoms with Crippen LogP contribution in [0, 0.1) is 13.8 Å². The summed E-state index contributed by atoms with van der Waals surface area (Å²) in [6, 6.07) is 2.99. The number of hydrogen-bond acceptors (Lipinski definition) is 4. The summed E-state index contributed by atoms with van der Waals surface area (Å²) in [6.45, 7) is 4.95. The van der Waals surface area contributed by atoms with Gasteiger partial charge in [0, 0.05) is 12.1 Å². The van der Waals surface area contributed by atoms with E-state index in [2.05, 4.69) is 0 Å². The number of benzene rings is 1. The van der Waals surface area contributed by atoms with Crippen LogP contribution in [-0.2, 0) is 14.3 Å². The standard InChI is InChI=1S/C16H19NO5/c1-9-5-11-12(7-22-14(11)6-10(9)2)15(18)17-3-4-21-8-13(17)16(19)20/h5-6,12-13H,3-4,7-8H2,1-2H3,(H,19,20)/t12-,13-/m1/s1. The highest BCUT2D eigenvalue weighted by atomic mass is 16.5. The Bertz CT molecular complexity index is 627. The van der Waals surface area contributed by atoms with Crippen LogP contribution in [0.1, 0.15) is 22.6 Å². The van der Waals surface area contributed by atoms with Gasteiger partial charge in [-0.2, -0.15) is 0 Å². The van der Waals surface area contributed by atoms with Crippen molar-refractivity contribution < 1.29 is 24.2 Å². The molecule has 1 aromatic carbocycles. The van der Waals surface area contributed by atoms with Crippen LogP contribution in [-0.4, -0.2) is 54.3 Å². The molecule has 6 heteroatoms. The fourth-order valence-corrected chi connectivity index (χ4v) is 2.95. The number of carbonyl (C=O) groups is 2. The van der Waals surface area contributed by atoms with Gasteiger partial charge in [-0.25, -0.2) is 4.79 Å². The van der Waals surface area contributed by atoms with Crippen molar-refractivity contribution in [1.82, 2.24) is 4.90 Å². The lowest BCUT2D eigenvalue weighted by atomic mass is 9.95. The van der Waals surface area contributed by atoms with E-state index < -0.39 is 17.9 Å². The second kappa shape index (κ2) is 5.61. The summed E-state index contributed by atoms with van der Waals surface area (Å²) >= 11 is 0. The Hall–Kier alpha value is -2.08. The predicted octanol–water partition coefficient (Wildman–Crippen LogP) is 1.09. The highest BCUT2D eigenvalue weighted by molar-refractivity contribution is 5.89. The van der Waals surface area contributed by atoms with Gasteiger partial charge in [0.25, 0.3) is 0 Å². The van der Waals surface area contributed by atoms with Crippen molar-refractivity contribution in [3.05, 3.63) is 28.8 Å². The molecule has 1 amide bonds. The molecule has 2 aliphatic rings. The zero-order valence-corrected chi connectivity index (χ0v) is 12.7. The van der Waals surface area contributed by atoms with Crippen molar-refractivity contribution >= 4 is 11.9 Å². The highest BCUT2D eigenvalue weighted by Crippen LogP contribution is 2.37. The third-order valence-corrected chi connectivity index (χ3v) is 4.40. The van der Waals surface area contributed by atoms with Crippen LogP contribution in [0.3, 0.4) is 0 Å². The Morgan fingerprint density at radius 2 is 1.95 bits per heavy atom. The first-order chi connectivity index (χ1) is 10.5. The number of morpholine rings is 1. The molecule has 118 valence electrons. The Labute approximate surface area is 128 Å². The molecule has 0 aromatic heterocycles. The van der Waals surface area contributed by atoms with E-state index in [0.29, 0.717) is 13.2 Å². The van der Waals surface area contributed by atoms with Crippen molar-refractivity contribution in [2.24, 2.45) is 0 Å². The van der Waals surface area contributed by atoms with Gasteiger partial charge in [-0.05, 0) is 31.0 Å². The minimum absolute atomic E-state index is 0.0361. The largest absolute Gasteiger partial charge is 0.492 e. The maximum Gasteiger partial charge on any atom is 0.328 e. The van der Waals surface area contributed by atoms with Crippen LogP contribution in [0.4, 0.5) is 0 Å². The first-order valence-corrected chi connectivity index (χ1v) is 7.34. The zero-order chi connectivity index (χ0) is 15.9. The molecule has 0 aliphatic carbocycles. The summed E-state index contributed by atoms with van der Waals surface area (Å²) in [7, 11) is 0. The molecule has 1 saturated heterocycles. The second-order valence-electron chi connectivity index (χ2n) is 5.80. The van der Waals surface area contributed by atoms with Crippen LogP contribution in [0.15, 0.2) is 12.1 Å². The minimum atomic E-state index is -1.03. The number of hydrogen-bond donors (Lipinski definition) is 1. The average Bonchev–Trinajstić information content (AvgIpc) is 2.89. The molecule has 1 fully saturated rings. The van der Waals surface area contributed by atoms with Gasteiger partial charge in [-0.1, -0.05) is 6.07 Å². The molecule has 2 atom stereocenters. The van der Waals surface area contributed by atoms with E-state index in [9.17, 15) is 14.7 Å². The van der Waals surface area contributed by atoms with Gasteiger partial charge in [0.05, 0.1) is 13.2 Å². The quantitative estimate of drug-likeness (QED) is 0.885. The number of aliphatic carboxylic acids is 1. The maximum absolute atomic E-state index is 12.8. The van der Waals surface area contributed by atoms with E-state index in [1.807, 2.05) is 26.0 Å². The van der Waals surface area contributed by atoms with Crippen molar-refractivity contribution in [2.45, 2.75) is 25.8 Å². The maximum atomic E-state index is 12.8. The Kier molecular flexibility index (Phi) is 3.78. The van der Waals surface area contributed by atoms with Gasteiger partial charge < -0.3 is 19.5 Å². The first kappa shape index (κ1) is 14.8. The van der Waals surface area contributed by atoms with Gasteiger partial charge in [0.2, 0.25) is 5.91 Å². The molecule has 3 rings (SSSR count). The lowest BCUT2D eigenvalue weighted by Crippen LogP contribution is -2.54. The van der Waals surface area contributed by atoms with Gasteiger partial charge >= 0.3 is 5.97 Å². The number of carbonyl (C=O) groups excluding carboxylic acids is 1. The molecule has 0 spiro atoms. The van der Waals surface area contributed by atoms with Crippen LogP contribution in [0.5, 0.6) is 5.75 Å². The molecular formula is C16H19NO5. The van der Waals surface area contributed by atoms with E-state index >= 15 is 0 Å². The van der Waals surface area contributed by atoms with E-state index in [4.69, 9.17) is 9.47 Å². The fourth-order valence-electron chi connectivity index (χ4n) is 2.95. The summed E-state index contributed by atoms with van der Waals surface area (Å²) in [4.78, 5) is 25.5. The summed E-state index contributed by atoms with van der Waals surface area (Å²) in [5.74, 6) is -0.944. The van der Waals surface area contributed by atoms with E-state index in [-0.39, 0.29) is 19.1 Å². The van der Waals surface area contributed by atoms with E-state index in [0.717, 1.165) is 22.4 Å². The minimum Gasteiger partial charge on any atom is -0.492 e. The normalized spacial score (nSPS) is 23.8. The number of rotatable bonds is 2. The van der Waals surface area contributed by atoms with Crippen LogP contribution < -0.4 is 4.74 Å². The lowest BCUT2D eigenvalue weighted by Gasteiger charge is -2.34. The number of carboxylic acids is 1.